The van der Waals surface area contributed by atoms with Gasteiger partial charge in [0, 0.05) is 6.42 Å². The maximum Gasteiger partial charge on any atom is 0.321 e. The first-order valence-corrected chi connectivity index (χ1v) is 4.56. The number of ketones is 1. The van der Waals surface area contributed by atoms with Gasteiger partial charge in [-0.1, -0.05) is 13.8 Å². The van der Waals surface area contributed by atoms with Gasteiger partial charge in [-0.05, 0) is 12.3 Å². The molecule has 0 heterocycles. The van der Waals surface area contributed by atoms with Gasteiger partial charge in [0.15, 0.2) is 5.78 Å². The van der Waals surface area contributed by atoms with E-state index in [9.17, 15) is 14.7 Å². The predicted octanol–water partition coefficient (Wildman–Crippen LogP) is 0.526. The Kier molecular flexibility index (Phi) is 2.44. The fourth-order valence-corrected chi connectivity index (χ4v) is 2.07. The van der Waals surface area contributed by atoms with Crippen molar-refractivity contribution in [3.63, 3.8) is 0 Å². The van der Waals surface area contributed by atoms with Crippen LogP contribution in [0.25, 0.3) is 0 Å². The molecular weight excluding hydrogens is 184 g/mol. The highest BCUT2D eigenvalue weighted by atomic mass is 16.5. The maximum atomic E-state index is 11.7. The normalized spacial score (nSPS) is 35.8. The van der Waals surface area contributed by atoms with E-state index in [0.717, 1.165) is 0 Å². The van der Waals surface area contributed by atoms with Crippen molar-refractivity contribution in [2.45, 2.75) is 33.3 Å². The first-order chi connectivity index (χ1) is 6.26. The van der Waals surface area contributed by atoms with Crippen molar-refractivity contribution in [2.75, 3.05) is 7.11 Å². The largest absolute Gasteiger partial charge is 0.468 e. The van der Waals surface area contributed by atoms with Crippen molar-refractivity contribution in [1.29, 1.82) is 0 Å². The van der Waals surface area contributed by atoms with Gasteiger partial charge >= 0.3 is 5.97 Å². The third-order valence-electron chi connectivity index (χ3n) is 3.09. The summed E-state index contributed by atoms with van der Waals surface area (Å²) in [6.07, 6.45) is -0.769. The first-order valence-electron chi connectivity index (χ1n) is 4.56. The fourth-order valence-electron chi connectivity index (χ4n) is 2.07. The van der Waals surface area contributed by atoms with Gasteiger partial charge in [0.25, 0.3) is 0 Å². The minimum atomic E-state index is -1.39. The van der Waals surface area contributed by atoms with Gasteiger partial charge < -0.3 is 9.84 Å². The average molecular weight is 200 g/mol. The molecule has 0 spiro atoms. The van der Waals surface area contributed by atoms with Crippen LogP contribution in [0.3, 0.4) is 0 Å². The Balaban J connectivity index is 3.11. The van der Waals surface area contributed by atoms with E-state index in [1.165, 1.54) is 14.0 Å². The number of hydrogen-bond acceptors (Lipinski definition) is 4. The van der Waals surface area contributed by atoms with E-state index in [1.54, 1.807) is 13.8 Å². The van der Waals surface area contributed by atoms with E-state index >= 15 is 0 Å². The zero-order valence-corrected chi connectivity index (χ0v) is 8.96. The van der Waals surface area contributed by atoms with E-state index in [2.05, 4.69) is 4.74 Å². The number of esters is 1. The molecule has 0 aromatic heterocycles. The first kappa shape index (κ1) is 11.2. The number of aliphatic hydroxyl groups excluding tert-OH is 1. The highest BCUT2D eigenvalue weighted by molar-refractivity contribution is 6.06. The van der Waals surface area contributed by atoms with Crippen LogP contribution in [0.2, 0.25) is 0 Å². The lowest BCUT2D eigenvalue weighted by atomic mass is 9.79. The number of carbonyl (C=O) groups excluding carboxylic acids is 2. The van der Waals surface area contributed by atoms with Crippen LogP contribution in [0.1, 0.15) is 27.2 Å². The monoisotopic (exact) mass is 200 g/mol. The molecule has 1 N–H and O–H groups in total. The highest BCUT2D eigenvalue weighted by Crippen LogP contribution is 2.47. The van der Waals surface area contributed by atoms with E-state index in [-0.39, 0.29) is 12.2 Å². The summed E-state index contributed by atoms with van der Waals surface area (Å²) >= 11 is 0. The van der Waals surface area contributed by atoms with Gasteiger partial charge in [0.05, 0.1) is 13.2 Å². The molecule has 1 aliphatic rings. The Labute approximate surface area is 83.2 Å². The van der Waals surface area contributed by atoms with E-state index in [4.69, 9.17) is 0 Å². The van der Waals surface area contributed by atoms with Crippen LogP contribution in [0.5, 0.6) is 0 Å². The van der Waals surface area contributed by atoms with Crippen LogP contribution < -0.4 is 0 Å². The van der Waals surface area contributed by atoms with Crippen LogP contribution in [0.15, 0.2) is 0 Å². The molecule has 0 bridgehead atoms. The molecule has 0 aromatic rings. The molecule has 80 valence electrons. The van der Waals surface area contributed by atoms with Crippen molar-refractivity contribution in [3.05, 3.63) is 0 Å². The van der Waals surface area contributed by atoms with Gasteiger partial charge in [-0.15, -0.1) is 0 Å². The zero-order valence-electron chi connectivity index (χ0n) is 8.96. The van der Waals surface area contributed by atoms with E-state index in [1.807, 2.05) is 0 Å². The summed E-state index contributed by atoms with van der Waals surface area (Å²) in [5, 5.41) is 9.93. The Morgan fingerprint density at radius 2 is 2.00 bits per heavy atom. The quantitative estimate of drug-likeness (QED) is 0.495. The fraction of sp³-hybridized carbons (Fsp3) is 0.800. The second-order valence-electron chi connectivity index (χ2n) is 4.69. The Morgan fingerprint density at radius 3 is 2.29 bits per heavy atom. The SMILES string of the molecule is COC(=O)C1(C)C(=O)CC(C)(C)C1O. The molecule has 2 atom stereocenters. The molecule has 4 heteroatoms. The van der Waals surface area contributed by atoms with Crippen LogP contribution in [0, 0.1) is 10.8 Å². The Morgan fingerprint density at radius 1 is 1.50 bits per heavy atom. The molecule has 0 aliphatic heterocycles. The molecule has 0 aromatic carbocycles. The summed E-state index contributed by atoms with van der Waals surface area (Å²) in [5.41, 5.74) is -1.95. The molecule has 2 unspecified atom stereocenters. The number of aliphatic hydroxyl groups is 1. The highest BCUT2D eigenvalue weighted by Gasteiger charge is 2.60. The number of ether oxygens (including phenoxy) is 1. The maximum absolute atomic E-state index is 11.7. The number of hydrogen-bond donors (Lipinski definition) is 1. The number of rotatable bonds is 1. The van der Waals surface area contributed by atoms with Gasteiger partial charge in [0.1, 0.15) is 5.41 Å². The molecule has 1 fully saturated rings. The Hall–Kier alpha value is -0.900. The lowest BCUT2D eigenvalue weighted by molar-refractivity contribution is -0.162. The summed E-state index contributed by atoms with van der Waals surface area (Å²) in [7, 11) is 1.22. The lowest BCUT2D eigenvalue weighted by Gasteiger charge is -2.29. The molecule has 0 saturated heterocycles. The molecule has 14 heavy (non-hydrogen) atoms. The molecule has 0 amide bonds. The smallest absolute Gasteiger partial charge is 0.321 e. The van der Waals surface area contributed by atoms with Crippen LogP contribution in [0.4, 0.5) is 0 Å². The molecule has 4 nitrogen and oxygen atoms in total. The van der Waals surface area contributed by atoms with Gasteiger partial charge in [-0.2, -0.15) is 0 Å². The summed E-state index contributed by atoms with van der Waals surface area (Å²) < 4.78 is 4.55. The zero-order chi connectivity index (χ0) is 11.1. The topological polar surface area (TPSA) is 63.6 Å². The van der Waals surface area contributed by atoms with Crippen molar-refractivity contribution in [1.82, 2.24) is 0 Å². The van der Waals surface area contributed by atoms with E-state index in [0.29, 0.717) is 0 Å². The molecule has 1 saturated carbocycles. The van der Waals surface area contributed by atoms with Crippen molar-refractivity contribution in [2.24, 2.45) is 10.8 Å². The number of carbonyl (C=O) groups is 2. The number of methoxy groups -OCH3 is 1. The predicted molar refractivity (Wildman–Crippen MR) is 49.5 cm³/mol. The third-order valence-corrected chi connectivity index (χ3v) is 3.09. The van der Waals surface area contributed by atoms with E-state index < -0.39 is 22.9 Å². The summed E-state index contributed by atoms with van der Waals surface area (Å²) in [6, 6.07) is 0. The van der Waals surface area contributed by atoms with Crippen molar-refractivity contribution in [3.8, 4) is 0 Å². The van der Waals surface area contributed by atoms with Crippen molar-refractivity contribution < 1.29 is 19.4 Å². The third kappa shape index (κ3) is 1.25. The van der Waals surface area contributed by atoms with Gasteiger partial charge in [-0.3, -0.25) is 9.59 Å². The summed E-state index contributed by atoms with van der Waals surface area (Å²) in [5.74, 6) is -0.901. The minimum Gasteiger partial charge on any atom is -0.468 e. The van der Waals surface area contributed by atoms with Crippen LogP contribution in [-0.4, -0.2) is 30.1 Å². The average Bonchev–Trinajstić information content (AvgIpc) is 2.26. The standard InChI is InChI=1S/C10H16O4/c1-9(2)5-6(11)10(3,7(9)12)8(13)14-4/h7,12H,5H2,1-4H3. The second kappa shape index (κ2) is 3.05. The van der Waals surface area contributed by atoms with Gasteiger partial charge in [-0.25, -0.2) is 0 Å². The van der Waals surface area contributed by atoms with Crippen molar-refractivity contribution >= 4 is 11.8 Å². The lowest BCUT2D eigenvalue weighted by Crippen LogP contribution is -2.44. The van der Waals surface area contributed by atoms with Gasteiger partial charge in [0.2, 0.25) is 0 Å². The molecule has 1 aliphatic carbocycles. The minimum absolute atomic E-state index is 0.208. The summed E-state index contributed by atoms with van der Waals surface area (Å²) in [6.45, 7) is 4.98. The number of Topliss-reactive ketones (excluding diaryl/α,β-unsaturated/α-hetero) is 1. The van der Waals surface area contributed by atoms with Crippen LogP contribution >= 0.6 is 0 Å². The second-order valence-corrected chi connectivity index (χ2v) is 4.69. The molecular formula is C10H16O4. The molecule has 1 rings (SSSR count). The Bertz CT molecular complexity index is 282. The van der Waals surface area contributed by atoms with Crippen LogP contribution in [-0.2, 0) is 14.3 Å². The summed E-state index contributed by atoms with van der Waals surface area (Å²) in [4.78, 5) is 23.1. The molecule has 0 radical (unpaired) electrons.